The predicted molar refractivity (Wildman–Crippen MR) is 119 cm³/mol. The van der Waals surface area contributed by atoms with Gasteiger partial charge in [-0.1, -0.05) is 74.3 Å². The highest BCUT2D eigenvalue weighted by Gasteiger charge is 2.32. The Morgan fingerprint density at radius 1 is 0.643 bits per heavy atom. The summed E-state index contributed by atoms with van der Waals surface area (Å²) in [7, 11) is 0. The second-order valence-electron chi connectivity index (χ2n) is 6.67. The molecule has 134 valence electrons. The normalized spacial score (nSPS) is 17.4. The zero-order chi connectivity index (χ0) is 19.7. The van der Waals surface area contributed by atoms with Gasteiger partial charge in [0.2, 0.25) is 0 Å². The molecule has 3 aromatic carbocycles. The molecule has 0 amide bonds. The van der Waals surface area contributed by atoms with Crippen molar-refractivity contribution in [2.45, 2.75) is 11.8 Å². The number of halogens is 2. The number of benzene rings is 3. The van der Waals surface area contributed by atoms with E-state index in [4.69, 9.17) is 0 Å². The largest absolute Gasteiger partial charge is 0.197 e. The molecule has 4 heteroatoms. The van der Waals surface area contributed by atoms with Crippen molar-refractivity contribution < 1.29 is 0 Å². The maximum Gasteiger partial charge on any atom is 0.0969 e. The van der Waals surface area contributed by atoms with Crippen LogP contribution < -0.4 is 0 Å². The van der Waals surface area contributed by atoms with Crippen LogP contribution in [0.2, 0.25) is 0 Å². The molecule has 0 aromatic heterocycles. The molecule has 0 aliphatic heterocycles. The van der Waals surface area contributed by atoms with Crippen LogP contribution in [0.15, 0.2) is 69.6 Å². The molecule has 4 rings (SSSR count). The lowest BCUT2D eigenvalue weighted by molar-refractivity contribution is 0.869. The molecule has 2 unspecified atom stereocenters. The van der Waals surface area contributed by atoms with Crippen molar-refractivity contribution in [1.82, 2.24) is 0 Å². The van der Waals surface area contributed by atoms with Crippen LogP contribution in [-0.2, 0) is 0 Å². The van der Waals surface area contributed by atoms with E-state index in [1.807, 2.05) is 72.8 Å². The summed E-state index contributed by atoms with van der Waals surface area (Å²) in [6.07, 6.45) is 4.08. The Kier molecular flexibility index (Phi) is 5.18. The lowest BCUT2D eigenvalue weighted by Gasteiger charge is -2.28. The van der Waals surface area contributed by atoms with Gasteiger partial charge in [-0.2, -0.15) is 10.5 Å². The third kappa shape index (κ3) is 3.42. The molecule has 0 saturated heterocycles. The minimum absolute atomic E-state index is 0.366. The van der Waals surface area contributed by atoms with E-state index in [0.29, 0.717) is 0 Å². The second-order valence-corrected chi connectivity index (χ2v) is 8.51. The summed E-state index contributed by atoms with van der Waals surface area (Å²) < 4.78 is 1.95. The summed E-state index contributed by atoms with van der Waals surface area (Å²) in [4.78, 5) is 0. The third-order valence-electron chi connectivity index (χ3n) is 4.98. The maximum absolute atomic E-state index is 9.87. The number of nitriles is 2. The number of rotatable bonds is 2. The van der Waals surface area contributed by atoms with E-state index in [-0.39, 0.29) is 11.8 Å². The van der Waals surface area contributed by atoms with Crippen LogP contribution in [0.25, 0.3) is 12.2 Å². The third-order valence-corrected chi connectivity index (χ3v) is 5.97. The molecule has 1 aliphatic carbocycles. The van der Waals surface area contributed by atoms with Gasteiger partial charge in [-0.25, -0.2) is 0 Å². The zero-order valence-electron chi connectivity index (χ0n) is 14.7. The first-order valence-corrected chi connectivity index (χ1v) is 10.4. The molecule has 0 fully saturated rings. The van der Waals surface area contributed by atoms with Gasteiger partial charge in [-0.15, -0.1) is 0 Å². The number of nitrogens with zero attached hydrogens (tertiary/aromatic N) is 2. The Hall–Kier alpha value is -2.66. The maximum atomic E-state index is 9.87. The quantitative estimate of drug-likeness (QED) is 0.363. The van der Waals surface area contributed by atoms with Crippen molar-refractivity contribution in [3.05, 3.63) is 103 Å². The van der Waals surface area contributed by atoms with E-state index in [9.17, 15) is 10.5 Å². The molecule has 1 aliphatic rings. The number of hydrogen-bond donors (Lipinski definition) is 0. The lowest BCUT2D eigenvalue weighted by atomic mass is 9.73. The van der Waals surface area contributed by atoms with Crippen LogP contribution >= 0.6 is 31.9 Å². The van der Waals surface area contributed by atoms with Gasteiger partial charge in [0.25, 0.3) is 0 Å². The van der Waals surface area contributed by atoms with Crippen LogP contribution in [0.5, 0.6) is 0 Å². The molecule has 0 heterocycles. The van der Waals surface area contributed by atoms with E-state index in [2.05, 4.69) is 44.0 Å². The first-order chi connectivity index (χ1) is 13.6. The lowest BCUT2D eigenvalue weighted by Crippen LogP contribution is -2.16. The fourth-order valence-electron chi connectivity index (χ4n) is 3.68. The predicted octanol–water partition coefficient (Wildman–Crippen LogP) is 7.01. The zero-order valence-corrected chi connectivity index (χ0v) is 17.9. The van der Waals surface area contributed by atoms with Gasteiger partial charge >= 0.3 is 0 Å². The molecule has 2 atom stereocenters. The molecule has 0 saturated carbocycles. The van der Waals surface area contributed by atoms with Crippen LogP contribution in [0.4, 0.5) is 0 Å². The monoisotopic (exact) mass is 488 g/mol. The van der Waals surface area contributed by atoms with Gasteiger partial charge in [0.05, 0.1) is 24.0 Å². The van der Waals surface area contributed by atoms with Crippen LogP contribution in [0, 0.1) is 22.7 Å². The number of hydrogen-bond acceptors (Lipinski definition) is 2. The Balaban J connectivity index is 1.79. The molecule has 0 N–H and O–H groups in total. The van der Waals surface area contributed by atoms with Gasteiger partial charge < -0.3 is 0 Å². The van der Waals surface area contributed by atoms with E-state index < -0.39 is 0 Å². The topological polar surface area (TPSA) is 47.6 Å². The van der Waals surface area contributed by atoms with Crippen molar-refractivity contribution in [1.29, 1.82) is 10.5 Å². The van der Waals surface area contributed by atoms with E-state index >= 15 is 0 Å². The van der Waals surface area contributed by atoms with Gasteiger partial charge in [-0.3, -0.25) is 0 Å². The van der Waals surface area contributed by atoms with Gasteiger partial charge in [0.15, 0.2) is 0 Å². The highest BCUT2D eigenvalue weighted by molar-refractivity contribution is 9.10. The highest BCUT2D eigenvalue weighted by atomic mass is 79.9. The summed E-state index contributed by atoms with van der Waals surface area (Å²) >= 11 is 6.97. The minimum Gasteiger partial charge on any atom is -0.197 e. The Labute approximate surface area is 181 Å². The van der Waals surface area contributed by atoms with Crippen molar-refractivity contribution in [2.75, 3.05) is 0 Å². The molecular weight excluding hydrogens is 476 g/mol. The highest BCUT2D eigenvalue weighted by Crippen LogP contribution is 2.44. The molecule has 0 radical (unpaired) electrons. The smallest absolute Gasteiger partial charge is 0.0969 e. The van der Waals surface area contributed by atoms with Gasteiger partial charge in [0.1, 0.15) is 0 Å². The number of fused-ring (bicyclic) bond motifs is 2. The fraction of sp³-hybridized carbons (Fsp3) is 0.0833. The molecule has 28 heavy (non-hydrogen) atoms. The van der Waals surface area contributed by atoms with Crippen LogP contribution in [0.3, 0.4) is 0 Å². The second kappa shape index (κ2) is 7.76. The summed E-state index contributed by atoms with van der Waals surface area (Å²) in [5.74, 6) is -0.739. The van der Waals surface area contributed by atoms with E-state index in [1.165, 1.54) is 0 Å². The molecular formula is C24H14Br2N2. The summed E-state index contributed by atoms with van der Waals surface area (Å²) in [6.45, 7) is 0. The van der Waals surface area contributed by atoms with Crippen molar-refractivity contribution in [3.8, 4) is 12.1 Å². The average Bonchev–Trinajstić information content (AvgIpc) is 2.70. The minimum atomic E-state index is -0.373. The van der Waals surface area contributed by atoms with Crippen molar-refractivity contribution in [2.24, 2.45) is 0 Å². The molecule has 2 nitrogen and oxygen atoms in total. The Morgan fingerprint density at radius 2 is 1.21 bits per heavy atom. The standard InChI is InChI=1S/C24H14Br2N2/c25-17-3-1-2-15(10-17)4-5-16-6-8-19-21(11-16)23(13-27)20-9-7-18(26)12-22(20)24(19)14-28/h1-12,23-24H. The molecule has 0 bridgehead atoms. The summed E-state index contributed by atoms with van der Waals surface area (Å²) in [5, 5.41) is 19.7. The summed E-state index contributed by atoms with van der Waals surface area (Å²) in [5.41, 5.74) is 5.76. The van der Waals surface area contributed by atoms with Crippen molar-refractivity contribution in [3.63, 3.8) is 0 Å². The van der Waals surface area contributed by atoms with Gasteiger partial charge in [-0.05, 0) is 63.7 Å². The first-order valence-electron chi connectivity index (χ1n) is 8.77. The van der Waals surface area contributed by atoms with Crippen LogP contribution in [-0.4, -0.2) is 0 Å². The average molecular weight is 490 g/mol. The molecule has 0 spiro atoms. The summed E-state index contributed by atoms with van der Waals surface area (Å²) in [6, 6.07) is 24.8. The Morgan fingerprint density at radius 3 is 1.86 bits per heavy atom. The van der Waals surface area contributed by atoms with E-state index in [0.717, 1.165) is 42.3 Å². The van der Waals surface area contributed by atoms with Crippen LogP contribution in [0.1, 0.15) is 45.2 Å². The van der Waals surface area contributed by atoms with E-state index in [1.54, 1.807) is 0 Å². The van der Waals surface area contributed by atoms with Crippen molar-refractivity contribution >= 4 is 44.0 Å². The van der Waals surface area contributed by atoms with Gasteiger partial charge in [0, 0.05) is 8.95 Å². The fourth-order valence-corrected chi connectivity index (χ4v) is 4.48. The first kappa shape index (κ1) is 18.7. The SMILES string of the molecule is N#CC1c2ccc(C=Cc3cccc(Br)c3)cc2C(C#N)c2ccc(Br)cc21. The Bertz CT molecular complexity index is 1180. The molecule has 3 aromatic rings.